The predicted octanol–water partition coefficient (Wildman–Crippen LogP) is 4.66. The minimum atomic E-state index is -4.65. The second-order valence-electron chi connectivity index (χ2n) is 8.62. The lowest BCUT2D eigenvalue weighted by atomic mass is 10.1. The van der Waals surface area contributed by atoms with Gasteiger partial charge in [0.2, 0.25) is 11.8 Å². The Balaban J connectivity index is 1.39. The Morgan fingerprint density at radius 3 is 2.49 bits per heavy atom. The molecule has 0 aromatic carbocycles. The van der Waals surface area contributed by atoms with Crippen LogP contribution in [0.5, 0.6) is 11.8 Å². The van der Waals surface area contributed by atoms with Gasteiger partial charge in [-0.3, -0.25) is 0 Å². The second-order valence-corrected chi connectivity index (χ2v) is 8.62. The molecule has 0 N–H and O–H groups in total. The van der Waals surface area contributed by atoms with Crippen LogP contribution in [0.1, 0.15) is 41.3 Å². The van der Waals surface area contributed by atoms with Crippen LogP contribution in [0.3, 0.4) is 0 Å². The van der Waals surface area contributed by atoms with Crippen molar-refractivity contribution in [2.45, 2.75) is 38.5 Å². The van der Waals surface area contributed by atoms with Gasteiger partial charge in [-0.2, -0.15) is 18.2 Å². The van der Waals surface area contributed by atoms with E-state index in [0.29, 0.717) is 34.3 Å². The smallest absolute Gasteiger partial charge is 0.434 e. The van der Waals surface area contributed by atoms with E-state index in [0.717, 1.165) is 35.4 Å². The van der Waals surface area contributed by atoms with Crippen molar-refractivity contribution >= 4 is 0 Å². The number of hydrogen-bond acceptors (Lipinski definition) is 8. The zero-order chi connectivity index (χ0) is 26.3. The van der Waals surface area contributed by atoms with E-state index in [-0.39, 0.29) is 24.0 Å². The molecule has 0 radical (unpaired) electrons. The summed E-state index contributed by atoms with van der Waals surface area (Å²) >= 11 is 0. The Morgan fingerprint density at radius 1 is 1.05 bits per heavy atom. The van der Waals surface area contributed by atoms with Crippen molar-refractivity contribution in [2.24, 2.45) is 7.05 Å². The number of halogens is 4. The quantitative estimate of drug-likeness (QED) is 0.328. The van der Waals surface area contributed by atoms with Crippen LogP contribution in [-0.4, -0.2) is 41.6 Å². The molecule has 4 heterocycles. The number of methoxy groups -OCH3 is 1. The summed E-state index contributed by atoms with van der Waals surface area (Å²) in [5.74, 6) is 0.190. The molecule has 0 saturated heterocycles. The second kappa shape index (κ2) is 9.37. The van der Waals surface area contributed by atoms with Gasteiger partial charge in [0.1, 0.15) is 24.2 Å². The topological polar surface area (TPSA) is 101 Å². The molecule has 4 aromatic rings. The summed E-state index contributed by atoms with van der Waals surface area (Å²) < 4.78 is 66.1. The lowest BCUT2D eigenvalue weighted by Gasteiger charge is -2.13. The fourth-order valence-electron chi connectivity index (χ4n) is 3.80. The first-order valence-corrected chi connectivity index (χ1v) is 11.3. The average Bonchev–Trinajstić information content (AvgIpc) is 3.64. The Kier molecular flexibility index (Phi) is 6.21. The molecule has 1 fully saturated rings. The van der Waals surface area contributed by atoms with Gasteiger partial charge in [-0.15, -0.1) is 0 Å². The summed E-state index contributed by atoms with van der Waals surface area (Å²) in [6, 6.07) is 1.14. The average molecular weight is 515 g/mol. The number of rotatable bonds is 7. The van der Waals surface area contributed by atoms with Gasteiger partial charge in [0.05, 0.1) is 12.8 Å². The Morgan fingerprint density at radius 2 is 1.84 bits per heavy atom. The number of nitrogens with zero attached hydrogens (tertiary/aromatic N) is 7. The van der Waals surface area contributed by atoms with E-state index >= 15 is 0 Å². The van der Waals surface area contributed by atoms with E-state index in [2.05, 4.69) is 29.9 Å². The van der Waals surface area contributed by atoms with Gasteiger partial charge < -0.3 is 14.0 Å². The van der Waals surface area contributed by atoms with Crippen molar-refractivity contribution in [1.29, 1.82) is 0 Å². The SMILES string of the molecule is COc1ncnc(C2CC2)c1-c1ncc(C)c(OCc2cnc(-c3nc(C(F)(F)F)cn3C)c(F)c2)n1. The molecule has 13 heteroatoms. The van der Waals surface area contributed by atoms with Crippen LogP contribution in [0.4, 0.5) is 17.6 Å². The molecule has 0 aliphatic heterocycles. The monoisotopic (exact) mass is 515 g/mol. The first kappa shape index (κ1) is 24.5. The number of imidazole rings is 1. The summed E-state index contributed by atoms with van der Waals surface area (Å²) in [4.78, 5) is 25.0. The van der Waals surface area contributed by atoms with Crippen LogP contribution >= 0.6 is 0 Å². The highest BCUT2D eigenvalue weighted by Crippen LogP contribution is 2.45. The van der Waals surface area contributed by atoms with Crippen LogP contribution < -0.4 is 9.47 Å². The minimum absolute atomic E-state index is 0.0895. The summed E-state index contributed by atoms with van der Waals surface area (Å²) in [5.41, 5.74) is 0.981. The van der Waals surface area contributed by atoms with Crippen molar-refractivity contribution in [2.75, 3.05) is 7.11 Å². The van der Waals surface area contributed by atoms with Crippen molar-refractivity contribution in [3.63, 3.8) is 0 Å². The standard InChI is InChI=1S/C24H21F4N7O2/c1-12-7-30-20(17-18(14-4-5-14)31-11-32-23(17)36-3)34-22(12)37-10-13-6-15(25)19(29-8-13)21-33-16(9-35(21)2)24(26,27)28/h6-9,11,14H,4-5,10H2,1-3H3. The van der Waals surface area contributed by atoms with Gasteiger partial charge in [-0.25, -0.2) is 29.3 Å². The zero-order valence-corrected chi connectivity index (χ0v) is 20.0. The van der Waals surface area contributed by atoms with Crippen LogP contribution in [0.15, 0.2) is 31.0 Å². The fourth-order valence-corrected chi connectivity index (χ4v) is 3.80. The molecule has 192 valence electrons. The molecule has 0 bridgehead atoms. The minimum Gasteiger partial charge on any atom is -0.480 e. The lowest BCUT2D eigenvalue weighted by Crippen LogP contribution is -2.06. The van der Waals surface area contributed by atoms with E-state index in [1.807, 2.05) is 0 Å². The summed E-state index contributed by atoms with van der Waals surface area (Å²) in [6.45, 7) is 1.68. The third-order valence-electron chi connectivity index (χ3n) is 5.80. The molecule has 9 nitrogen and oxygen atoms in total. The van der Waals surface area contributed by atoms with Crippen molar-refractivity contribution in [3.8, 4) is 34.7 Å². The number of ether oxygens (including phenoxy) is 2. The Bertz CT molecular complexity index is 1470. The Labute approximate surface area is 208 Å². The molecule has 4 aromatic heterocycles. The number of alkyl halides is 3. The van der Waals surface area contributed by atoms with Gasteiger partial charge >= 0.3 is 6.18 Å². The van der Waals surface area contributed by atoms with Crippen molar-refractivity contribution < 1.29 is 27.0 Å². The summed E-state index contributed by atoms with van der Waals surface area (Å²) in [7, 11) is 2.85. The van der Waals surface area contributed by atoms with E-state index in [1.54, 1.807) is 13.1 Å². The zero-order valence-electron chi connectivity index (χ0n) is 20.0. The first-order chi connectivity index (χ1) is 17.7. The largest absolute Gasteiger partial charge is 0.480 e. The molecule has 0 unspecified atom stereocenters. The van der Waals surface area contributed by atoms with Gasteiger partial charge in [-0.05, 0) is 25.8 Å². The maximum absolute atomic E-state index is 14.8. The van der Waals surface area contributed by atoms with E-state index in [4.69, 9.17) is 9.47 Å². The maximum atomic E-state index is 14.8. The highest BCUT2D eigenvalue weighted by atomic mass is 19.4. The van der Waals surface area contributed by atoms with E-state index in [9.17, 15) is 17.6 Å². The van der Waals surface area contributed by atoms with Gasteiger partial charge in [0.15, 0.2) is 23.2 Å². The van der Waals surface area contributed by atoms with Crippen molar-refractivity contribution in [1.82, 2.24) is 34.5 Å². The summed E-state index contributed by atoms with van der Waals surface area (Å²) in [5, 5.41) is 0. The Hall–Kier alpha value is -4.16. The van der Waals surface area contributed by atoms with Crippen LogP contribution in [0.25, 0.3) is 22.9 Å². The lowest BCUT2D eigenvalue weighted by molar-refractivity contribution is -0.140. The van der Waals surface area contributed by atoms with Crippen LogP contribution in [-0.2, 0) is 19.8 Å². The molecule has 0 amide bonds. The number of pyridine rings is 1. The molecule has 37 heavy (non-hydrogen) atoms. The highest BCUT2D eigenvalue weighted by Gasteiger charge is 2.35. The third-order valence-corrected chi connectivity index (χ3v) is 5.80. The third kappa shape index (κ3) is 4.93. The van der Waals surface area contributed by atoms with Crippen LogP contribution in [0, 0.1) is 12.7 Å². The number of aromatic nitrogens is 7. The van der Waals surface area contributed by atoms with E-state index < -0.39 is 17.7 Å². The molecular formula is C24H21F4N7O2. The highest BCUT2D eigenvalue weighted by molar-refractivity contribution is 5.66. The maximum Gasteiger partial charge on any atom is 0.434 e. The summed E-state index contributed by atoms with van der Waals surface area (Å²) in [6.07, 6.45) is 2.51. The predicted molar refractivity (Wildman–Crippen MR) is 122 cm³/mol. The van der Waals surface area contributed by atoms with E-state index in [1.165, 1.54) is 26.7 Å². The number of aryl methyl sites for hydroxylation is 2. The molecule has 5 rings (SSSR count). The molecule has 1 aliphatic rings. The molecule has 1 saturated carbocycles. The first-order valence-electron chi connectivity index (χ1n) is 11.3. The fraction of sp³-hybridized carbons (Fsp3) is 0.333. The van der Waals surface area contributed by atoms with Gasteiger partial charge in [0.25, 0.3) is 0 Å². The van der Waals surface area contributed by atoms with Gasteiger partial charge in [-0.1, -0.05) is 0 Å². The van der Waals surface area contributed by atoms with Gasteiger partial charge in [0, 0.05) is 42.7 Å². The number of hydrogen-bond donors (Lipinski definition) is 0. The molecular weight excluding hydrogens is 494 g/mol. The molecule has 1 aliphatic carbocycles. The molecule has 0 spiro atoms. The van der Waals surface area contributed by atoms with Crippen LogP contribution in [0.2, 0.25) is 0 Å². The van der Waals surface area contributed by atoms with Crippen molar-refractivity contribution in [3.05, 3.63) is 59.3 Å². The normalized spacial score (nSPS) is 13.6. The molecule has 0 atom stereocenters.